The van der Waals surface area contributed by atoms with Crippen molar-refractivity contribution in [1.29, 1.82) is 5.26 Å². The molecule has 2 rings (SSSR count). The third-order valence-corrected chi connectivity index (χ3v) is 3.74. The fraction of sp³-hybridized carbons (Fsp3) is 0.0556. The van der Waals surface area contributed by atoms with Gasteiger partial charge in [0.1, 0.15) is 0 Å². The van der Waals surface area contributed by atoms with Gasteiger partial charge in [-0.25, -0.2) is 4.79 Å². The first-order chi connectivity index (χ1) is 12.0. The van der Waals surface area contributed by atoms with Crippen molar-refractivity contribution in [3.63, 3.8) is 0 Å². The van der Waals surface area contributed by atoms with Gasteiger partial charge < -0.3 is 10.1 Å². The number of carbonyl (C=O) groups is 2. The zero-order valence-corrected chi connectivity index (χ0v) is 14.3. The highest BCUT2D eigenvalue weighted by atomic mass is 35.5. The fourth-order valence-corrected chi connectivity index (χ4v) is 2.09. The number of nitriles is 1. The molecule has 0 saturated heterocycles. The first kappa shape index (κ1) is 18.5. The molecule has 7 heteroatoms. The van der Waals surface area contributed by atoms with Crippen LogP contribution in [0, 0.1) is 11.3 Å². The smallest absolute Gasteiger partial charge is 0.331 e. The molecular weight excluding hydrogens is 363 g/mol. The number of carbonyl (C=O) groups excluding carboxylic acids is 2. The van der Waals surface area contributed by atoms with Crippen LogP contribution in [-0.2, 0) is 14.3 Å². The normalized spacial score (nSPS) is 10.3. The average molecular weight is 375 g/mol. The summed E-state index contributed by atoms with van der Waals surface area (Å²) < 4.78 is 4.85. The van der Waals surface area contributed by atoms with Crippen molar-refractivity contribution >= 4 is 46.8 Å². The van der Waals surface area contributed by atoms with Crippen LogP contribution in [0.15, 0.2) is 48.5 Å². The van der Waals surface area contributed by atoms with Crippen molar-refractivity contribution in [2.24, 2.45) is 0 Å². The minimum absolute atomic E-state index is 0.307. The zero-order chi connectivity index (χ0) is 18.2. The Kier molecular flexibility index (Phi) is 6.58. The summed E-state index contributed by atoms with van der Waals surface area (Å²) in [6, 6.07) is 13.3. The van der Waals surface area contributed by atoms with Gasteiger partial charge in [-0.3, -0.25) is 4.79 Å². The van der Waals surface area contributed by atoms with Crippen LogP contribution in [0.2, 0.25) is 10.0 Å². The minimum Gasteiger partial charge on any atom is -0.452 e. The molecule has 0 aliphatic heterocycles. The van der Waals surface area contributed by atoms with Crippen LogP contribution in [0.25, 0.3) is 6.08 Å². The van der Waals surface area contributed by atoms with E-state index in [9.17, 15) is 9.59 Å². The Balaban J connectivity index is 1.82. The number of nitrogens with zero attached hydrogens (tertiary/aromatic N) is 1. The van der Waals surface area contributed by atoms with Crippen molar-refractivity contribution < 1.29 is 14.3 Å². The maximum Gasteiger partial charge on any atom is 0.331 e. The quantitative estimate of drug-likeness (QED) is 0.631. The molecule has 0 unspecified atom stereocenters. The van der Waals surface area contributed by atoms with Crippen LogP contribution in [-0.4, -0.2) is 18.5 Å². The predicted molar refractivity (Wildman–Crippen MR) is 96.2 cm³/mol. The van der Waals surface area contributed by atoms with E-state index in [0.29, 0.717) is 21.3 Å². The third-order valence-electron chi connectivity index (χ3n) is 3.00. The zero-order valence-electron chi connectivity index (χ0n) is 12.8. The molecule has 0 spiro atoms. The topological polar surface area (TPSA) is 79.2 Å². The highest BCUT2D eigenvalue weighted by Gasteiger charge is 2.07. The summed E-state index contributed by atoms with van der Waals surface area (Å²) in [6.07, 6.45) is 2.73. The van der Waals surface area contributed by atoms with Gasteiger partial charge in [-0.05, 0) is 42.0 Å². The number of nitrogens with one attached hydrogen (secondary N) is 1. The first-order valence-electron chi connectivity index (χ1n) is 7.08. The molecule has 2 aromatic carbocycles. The van der Waals surface area contributed by atoms with Gasteiger partial charge in [0.25, 0.3) is 5.91 Å². The molecule has 0 aliphatic carbocycles. The van der Waals surface area contributed by atoms with Crippen molar-refractivity contribution in [2.45, 2.75) is 0 Å². The molecule has 0 atom stereocenters. The highest BCUT2D eigenvalue weighted by molar-refractivity contribution is 6.42. The summed E-state index contributed by atoms with van der Waals surface area (Å²) in [5.41, 5.74) is 1.71. The van der Waals surface area contributed by atoms with Crippen LogP contribution in [0.5, 0.6) is 0 Å². The molecule has 5 nitrogen and oxygen atoms in total. The van der Waals surface area contributed by atoms with Gasteiger partial charge in [0.2, 0.25) is 0 Å². The van der Waals surface area contributed by atoms with E-state index in [1.54, 1.807) is 36.4 Å². The van der Waals surface area contributed by atoms with Gasteiger partial charge in [-0.2, -0.15) is 5.26 Å². The predicted octanol–water partition coefficient (Wildman–Crippen LogP) is 4.06. The van der Waals surface area contributed by atoms with E-state index in [4.69, 9.17) is 33.2 Å². The fourth-order valence-electron chi connectivity index (χ4n) is 1.79. The van der Waals surface area contributed by atoms with Gasteiger partial charge in [-0.1, -0.05) is 35.3 Å². The molecule has 0 saturated carbocycles. The number of anilines is 1. The van der Waals surface area contributed by atoms with Crippen molar-refractivity contribution in [1.82, 2.24) is 0 Å². The lowest BCUT2D eigenvalue weighted by molar-refractivity contribution is -0.142. The summed E-state index contributed by atoms with van der Waals surface area (Å²) in [5.74, 6) is -1.16. The van der Waals surface area contributed by atoms with Gasteiger partial charge >= 0.3 is 5.97 Å². The molecule has 0 aliphatic rings. The van der Waals surface area contributed by atoms with Crippen LogP contribution < -0.4 is 5.32 Å². The average Bonchev–Trinajstić information content (AvgIpc) is 2.61. The molecule has 1 N–H and O–H groups in total. The van der Waals surface area contributed by atoms with Crippen LogP contribution >= 0.6 is 23.2 Å². The summed E-state index contributed by atoms with van der Waals surface area (Å²) >= 11 is 11.6. The van der Waals surface area contributed by atoms with Gasteiger partial charge in [0.15, 0.2) is 6.61 Å². The lowest BCUT2D eigenvalue weighted by Gasteiger charge is -2.06. The van der Waals surface area contributed by atoms with Crippen molar-refractivity contribution in [3.8, 4) is 6.07 Å². The van der Waals surface area contributed by atoms with Crippen LogP contribution in [0.3, 0.4) is 0 Å². The van der Waals surface area contributed by atoms with E-state index in [1.807, 2.05) is 6.07 Å². The molecule has 2 aromatic rings. The van der Waals surface area contributed by atoms with Crippen LogP contribution in [0.4, 0.5) is 5.69 Å². The number of benzene rings is 2. The molecule has 126 valence electrons. The van der Waals surface area contributed by atoms with Gasteiger partial charge in [0.05, 0.1) is 21.7 Å². The van der Waals surface area contributed by atoms with E-state index >= 15 is 0 Å². The summed E-state index contributed by atoms with van der Waals surface area (Å²) in [5, 5.41) is 11.9. The number of hydrogen-bond donors (Lipinski definition) is 1. The maximum absolute atomic E-state index is 11.7. The molecule has 1 amide bonds. The number of amides is 1. The molecular formula is C18H12Cl2N2O3. The van der Waals surface area contributed by atoms with E-state index < -0.39 is 18.5 Å². The maximum atomic E-state index is 11.7. The van der Waals surface area contributed by atoms with Crippen molar-refractivity contribution in [2.75, 3.05) is 11.9 Å². The highest BCUT2D eigenvalue weighted by Crippen LogP contribution is 2.24. The molecule has 0 bridgehead atoms. The third kappa shape index (κ3) is 5.96. The Hall–Kier alpha value is -2.81. The van der Waals surface area contributed by atoms with E-state index in [-0.39, 0.29) is 0 Å². The number of rotatable bonds is 5. The Bertz CT molecular complexity index is 856. The summed E-state index contributed by atoms with van der Waals surface area (Å²) in [4.78, 5) is 23.4. The Morgan fingerprint density at radius 3 is 2.48 bits per heavy atom. The lowest BCUT2D eigenvalue weighted by Crippen LogP contribution is -2.20. The Morgan fingerprint density at radius 2 is 1.84 bits per heavy atom. The van der Waals surface area contributed by atoms with E-state index in [2.05, 4.69) is 5.32 Å². The summed E-state index contributed by atoms with van der Waals surface area (Å²) in [7, 11) is 0. The number of ether oxygens (including phenoxy) is 1. The second-order valence-corrected chi connectivity index (χ2v) is 5.67. The van der Waals surface area contributed by atoms with E-state index in [1.165, 1.54) is 18.2 Å². The van der Waals surface area contributed by atoms with Crippen LogP contribution in [0.1, 0.15) is 11.1 Å². The van der Waals surface area contributed by atoms with Crippen molar-refractivity contribution in [3.05, 3.63) is 69.7 Å². The Labute approximate surface area is 154 Å². The number of hydrogen-bond acceptors (Lipinski definition) is 4. The second-order valence-electron chi connectivity index (χ2n) is 4.85. The molecule has 0 radical (unpaired) electrons. The van der Waals surface area contributed by atoms with Gasteiger partial charge in [-0.15, -0.1) is 0 Å². The Morgan fingerprint density at radius 1 is 1.12 bits per heavy atom. The van der Waals surface area contributed by atoms with E-state index in [0.717, 1.165) is 5.56 Å². The SMILES string of the molecule is N#Cc1ccc(/C=C/C(=O)OCC(=O)Nc2ccc(Cl)c(Cl)c2)cc1. The monoisotopic (exact) mass is 374 g/mol. The molecule has 0 aromatic heterocycles. The minimum atomic E-state index is -0.659. The summed E-state index contributed by atoms with van der Waals surface area (Å²) in [6.45, 7) is -0.434. The molecule has 25 heavy (non-hydrogen) atoms. The standard InChI is InChI=1S/C18H12Cl2N2O3/c19-15-7-6-14(9-16(15)20)22-17(23)11-25-18(24)8-5-12-1-3-13(10-21)4-2-12/h1-9H,11H2,(H,22,23)/b8-5+. The number of halogens is 2. The molecule has 0 fully saturated rings. The second kappa shape index (κ2) is 8.88. The first-order valence-corrected chi connectivity index (χ1v) is 7.83. The molecule has 0 heterocycles. The largest absolute Gasteiger partial charge is 0.452 e. The lowest BCUT2D eigenvalue weighted by atomic mass is 10.1. The number of esters is 1. The van der Waals surface area contributed by atoms with Gasteiger partial charge in [0, 0.05) is 11.8 Å².